The number of hydrogen-bond donors (Lipinski definition) is 1. The molecule has 0 aromatic heterocycles. The van der Waals surface area contributed by atoms with Gasteiger partial charge in [0.1, 0.15) is 0 Å². The standard InChI is InChI=1S/C15H30N4O2S.HI/c1-14(2)11-19(15(14,3)4)13(16-5)17-9-12-7-8-18(10-12)22(6,20)21;/h12H,7-11H2,1-6H3,(H,16,17);1H. The van der Waals surface area contributed by atoms with Gasteiger partial charge in [-0.3, -0.25) is 4.99 Å². The molecule has 1 atom stereocenters. The van der Waals surface area contributed by atoms with E-state index in [4.69, 9.17) is 0 Å². The second kappa shape index (κ2) is 7.03. The normalized spacial score (nSPS) is 27.3. The molecule has 2 rings (SSSR count). The van der Waals surface area contributed by atoms with Gasteiger partial charge >= 0.3 is 0 Å². The molecule has 1 unspecified atom stereocenters. The van der Waals surface area contributed by atoms with Crippen LogP contribution in [0.15, 0.2) is 4.99 Å². The molecule has 0 amide bonds. The van der Waals surface area contributed by atoms with Crippen LogP contribution in [0.4, 0.5) is 0 Å². The van der Waals surface area contributed by atoms with E-state index in [-0.39, 0.29) is 34.9 Å². The highest BCUT2D eigenvalue weighted by Crippen LogP contribution is 2.46. The lowest BCUT2D eigenvalue weighted by Crippen LogP contribution is -2.72. The molecule has 6 nitrogen and oxygen atoms in total. The number of hydrogen-bond acceptors (Lipinski definition) is 3. The van der Waals surface area contributed by atoms with Gasteiger partial charge in [-0.1, -0.05) is 13.8 Å². The van der Waals surface area contributed by atoms with Gasteiger partial charge < -0.3 is 10.2 Å². The van der Waals surface area contributed by atoms with Crippen molar-refractivity contribution in [1.82, 2.24) is 14.5 Å². The maximum Gasteiger partial charge on any atom is 0.211 e. The molecule has 0 spiro atoms. The van der Waals surface area contributed by atoms with Crippen LogP contribution in [-0.2, 0) is 10.0 Å². The first-order valence-corrected chi connectivity index (χ1v) is 9.77. The van der Waals surface area contributed by atoms with Crippen molar-refractivity contribution in [2.75, 3.05) is 39.5 Å². The molecule has 0 aliphatic carbocycles. The molecule has 8 heteroatoms. The van der Waals surface area contributed by atoms with E-state index in [1.807, 2.05) is 0 Å². The van der Waals surface area contributed by atoms with E-state index in [9.17, 15) is 8.42 Å². The van der Waals surface area contributed by atoms with Crippen LogP contribution in [0.3, 0.4) is 0 Å². The third kappa shape index (κ3) is 4.12. The molecule has 2 saturated heterocycles. The van der Waals surface area contributed by atoms with Gasteiger partial charge in [0.25, 0.3) is 0 Å². The second-order valence-corrected chi connectivity index (χ2v) is 9.72. The average Bonchev–Trinajstić information content (AvgIpc) is 2.87. The fourth-order valence-corrected chi connectivity index (χ4v) is 4.11. The highest BCUT2D eigenvalue weighted by molar-refractivity contribution is 14.0. The summed E-state index contributed by atoms with van der Waals surface area (Å²) in [5, 5.41) is 3.43. The van der Waals surface area contributed by atoms with Gasteiger partial charge in [-0.2, -0.15) is 0 Å². The Kier molecular flexibility index (Phi) is 6.41. The lowest BCUT2D eigenvalue weighted by atomic mass is 9.65. The van der Waals surface area contributed by atoms with Crippen molar-refractivity contribution in [2.24, 2.45) is 16.3 Å². The fourth-order valence-electron chi connectivity index (χ4n) is 3.20. The molecule has 23 heavy (non-hydrogen) atoms. The number of rotatable bonds is 3. The molecule has 136 valence electrons. The summed E-state index contributed by atoms with van der Waals surface area (Å²) in [6.45, 7) is 12.0. The van der Waals surface area contributed by atoms with Crippen molar-refractivity contribution in [2.45, 2.75) is 39.7 Å². The van der Waals surface area contributed by atoms with Crippen LogP contribution in [0.25, 0.3) is 0 Å². The van der Waals surface area contributed by atoms with Crippen LogP contribution >= 0.6 is 24.0 Å². The topological polar surface area (TPSA) is 65.0 Å². The van der Waals surface area contributed by atoms with Crippen LogP contribution in [0.2, 0.25) is 0 Å². The summed E-state index contributed by atoms with van der Waals surface area (Å²) < 4.78 is 24.7. The van der Waals surface area contributed by atoms with Gasteiger partial charge in [0, 0.05) is 44.2 Å². The molecule has 2 aliphatic rings. The summed E-state index contributed by atoms with van der Waals surface area (Å²) in [7, 11) is -1.25. The van der Waals surface area contributed by atoms with Crippen molar-refractivity contribution in [1.29, 1.82) is 0 Å². The molecular weight excluding hydrogens is 427 g/mol. The Morgan fingerprint density at radius 3 is 2.30 bits per heavy atom. The fraction of sp³-hybridized carbons (Fsp3) is 0.933. The third-order valence-electron chi connectivity index (χ3n) is 5.62. The van der Waals surface area contributed by atoms with Gasteiger partial charge in [0.15, 0.2) is 5.96 Å². The third-order valence-corrected chi connectivity index (χ3v) is 6.89. The Morgan fingerprint density at radius 1 is 1.30 bits per heavy atom. The molecule has 0 radical (unpaired) electrons. The molecule has 0 saturated carbocycles. The minimum atomic E-state index is -3.06. The summed E-state index contributed by atoms with van der Waals surface area (Å²) in [6.07, 6.45) is 2.19. The Labute approximate surface area is 158 Å². The number of likely N-dealkylation sites (tertiary alicyclic amines) is 1. The van der Waals surface area contributed by atoms with Gasteiger partial charge in [-0.25, -0.2) is 12.7 Å². The summed E-state index contributed by atoms with van der Waals surface area (Å²) in [5.74, 6) is 1.27. The average molecular weight is 458 g/mol. The van der Waals surface area contributed by atoms with Gasteiger partial charge in [-0.05, 0) is 26.2 Å². The summed E-state index contributed by atoms with van der Waals surface area (Å²) in [4.78, 5) is 6.70. The van der Waals surface area contributed by atoms with Gasteiger partial charge in [0.2, 0.25) is 10.0 Å². The maximum atomic E-state index is 11.6. The Morgan fingerprint density at radius 2 is 1.91 bits per heavy atom. The minimum absolute atomic E-state index is 0. The monoisotopic (exact) mass is 458 g/mol. The number of nitrogens with one attached hydrogen (secondary N) is 1. The Hall–Kier alpha value is -0.0900. The van der Waals surface area contributed by atoms with E-state index in [0.29, 0.717) is 19.0 Å². The van der Waals surface area contributed by atoms with Crippen molar-refractivity contribution >= 4 is 40.0 Å². The highest BCUT2D eigenvalue weighted by atomic mass is 127. The zero-order chi connectivity index (χ0) is 16.8. The van der Waals surface area contributed by atoms with E-state index < -0.39 is 10.0 Å². The molecule has 0 bridgehead atoms. The highest BCUT2D eigenvalue weighted by Gasteiger charge is 2.53. The van der Waals surface area contributed by atoms with Crippen molar-refractivity contribution in [3.8, 4) is 0 Å². The van der Waals surface area contributed by atoms with E-state index in [1.165, 1.54) is 6.26 Å². The number of aliphatic imine (C=N–C) groups is 1. The number of guanidine groups is 1. The van der Waals surface area contributed by atoms with Crippen LogP contribution in [0, 0.1) is 11.3 Å². The van der Waals surface area contributed by atoms with Gasteiger partial charge in [-0.15, -0.1) is 24.0 Å². The van der Waals surface area contributed by atoms with Crippen LogP contribution in [-0.4, -0.2) is 68.6 Å². The molecule has 2 aliphatic heterocycles. The first-order valence-electron chi connectivity index (χ1n) is 7.92. The van der Waals surface area contributed by atoms with Crippen molar-refractivity contribution in [3.05, 3.63) is 0 Å². The predicted octanol–water partition coefficient (Wildman–Crippen LogP) is 1.58. The summed E-state index contributed by atoms with van der Waals surface area (Å²) >= 11 is 0. The smallest absolute Gasteiger partial charge is 0.211 e. The van der Waals surface area contributed by atoms with Crippen LogP contribution in [0.5, 0.6) is 0 Å². The largest absolute Gasteiger partial charge is 0.356 e. The van der Waals surface area contributed by atoms with E-state index in [2.05, 4.69) is 42.9 Å². The predicted molar refractivity (Wildman–Crippen MR) is 106 cm³/mol. The quantitative estimate of drug-likeness (QED) is 0.396. The number of sulfonamides is 1. The Balaban J connectivity index is 0.00000264. The first kappa shape index (κ1) is 21.0. The molecule has 2 heterocycles. The van der Waals surface area contributed by atoms with Crippen LogP contribution in [0.1, 0.15) is 34.1 Å². The van der Waals surface area contributed by atoms with Crippen LogP contribution < -0.4 is 5.32 Å². The van der Waals surface area contributed by atoms with E-state index in [1.54, 1.807) is 11.4 Å². The van der Waals surface area contributed by atoms with Gasteiger partial charge in [0.05, 0.1) is 6.26 Å². The van der Waals surface area contributed by atoms with Crippen molar-refractivity contribution in [3.63, 3.8) is 0 Å². The maximum absolute atomic E-state index is 11.6. The first-order chi connectivity index (χ1) is 9.99. The molecule has 1 N–H and O–H groups in total. The molecular formula is C15H31IN4O2S. The number of halogens is 1. The minimum Gasteiger partial charge on any atom is -0.356 e. The molecule has 0 aromatic carbocycles. The van der Waals surface area contributed by atoms with E-state index >= 15 is 0 Å². The molecule has 0 aromatic rings. The number of nitrogens with zero attached hydrogens (tertiary/aromatic N) is 3. The zero-order valence-corrected chi connectivity index (χ0v) is 18.2. The van der Waals surface area contributed by atoms with Crippen molar-refractivity contribution < 1.29 is 8.42 Å². The second-order valence-electron chi connectivity index (χ2n) is 7.73. The SMILES string of the molecule is CN=C(NCC1CCN(S(C)(=O)=O)C1)N1CC(C)(C)C1(C)C.I. The summed E-state index contributed by atoms with van der Waals surface area (Å²) in [5.41, 5.74) is 0.342. The molecule has 2 fully saturated rings. The Bertz CT molecular complexity index is 560. The lowest BCUT2D eigenvalue weighted by molar-refractivity contribution is -0.0668. The summed E-state index contributed by atoms with van der Waals surface area (Å²) in [6, 6.07) is 0. The zero-order valence-electron chi connectivity index (χ0n) is 15.1. The van der Waals surface area contributed by atoms with E-state index in [0.717, 1.165) is 25.5 Å². The lowest BCUT2D eigenvalue weighted by Gasteiger charge is -2.62.